The van der Waals surface area contributed by atoms with Gasteiger partial charge in [-0.15, -0.1) is 0 Å². The van der Waals surface area contributed by atoms with Crippen molar-refractivity contribution in [3.8, 4) is 0 Å². The Morgan fingerprint density at radius 1 is 0.895 bits per heavy atom. The molecule has 0 spiro atoms. The molecule has 104 valence electrons. The third-order valence-electron chi connectivity index (χ3n) is 4.28. The molecule has 0 aromatic heterocycles. The number of hydrogen-bond acceptors (Lipinski definition) is 2. The molecule has 0 radical (unpaired) electrons. The Morgan fingerprint density at radius 3 is 1.47 bits per heavy atom. The van der Waals surface area contributed by atoms with Gasteiger partial charge in [0.15, 0.2) is 0 Å². The molecule has 2 unspecified atom stereocenters. The normalized spacial score (nSPS) is 26.8. The summed E-state index contributed by atoms with van der Waals surface area (Å²) in [6.45, 7) is 4.25. The van der Waals surface area contributed by atoms with E-state index in [0.717, 1.165) is 0 Å². The van der Waals surface area contributed by atoms with Crippen LogP contribution in [-0.2, 0) is 9.59 Å². The van der Waals surface area contributed by atoms with E-state index >= 15 is 0 Å². The van der Waals surface area contributed by atoms with Gasteiger partial charge in [0, 0.05) is 51.2 Å². The summed E-state index contributed by atoms with van der Waals surface area (Å²) in [6.07, 6.45) is 4.15. The molecule has 2 aliphatic carbocycles. The van der Waals surface area contributed by atoms with E-state index in [4.69, 9.17) is 0 Å². The third kappa shape index (κ3) is 1.81. The molecule has 2 amide bonds. The fraction of sp³-hybridized carbons (Fsp3) is 0.600. The Bertz CT molecular complexity index is 456. The van der Waals surface area contributed by atoms with Crippen LogP contribution in [0, 0.1) is 17.3 Å². The van der Waals surface area contributed by atoms with Crippen LogP contribution in [0.1, 0.15) is 13.8 Å². The first-order valence-corrected chi connectivity index (χ1v) is 6.55. The van der Waals surface area contributed by atoms with Crippen molar-refractivity contribution in [2.24, 2.45) is 17.3 Å². The smallest absolute Gasteiger partial charge is 0.250 e. The zero-order valence-electron chi connectivity index (χ0n) is 12.5. The maximum absolute atomic E-state index is 12.4. The van der Waals surface area contributed by atoms with E-state index in [0.29, 0.717) is 11.1 Å². The number of rotatable bonds is 2. The monoisotopic (exact) mass is 262 g/mol. The first-order chi connectivity index (χ1) is 8.69. The van der Waals surface area contributed by atoms with Crippen molar-refractivity contribution in [1.82, 2.24) is 9.80 Å². The van der Waals surface area contributed by atoms with Gasteiger partial charge in [-0.2, -0.15) is 0 Å². The van der Waals surface area contributed by atoms with Crippen molar-refractivity contribution in [1.29, 1.82) is 0 Å². The molecule has 2 aliphatic rings. The Labute approximate surface area is 114 Å². The van der Waals surface area contributed by atoms with E-state index in [1.165, 1.54) is 0 Å². The van der Waals surface area contributed by atoms with E-state index in [2.05, 4.69) is 26.0 Å². The van der Waals surface area contributed by atoms with E-state index < -0.39 is 0 Å². The van der Waals surface area contributed by atoms with Gasteiger partial charge in [0.2, 0.25) is 11.8 Å². The second-order valence-electron chi connectivity index (χ2n) is 6.39. The van der Waals surface area contributed by atoms with Crippen LogP contribution in [0.25, 0.3) is 0 Å². The van der Waals surface area contributed by atoms with Crippen molar-refractivity contribution in [2.45, 2.75) is 13.8 Å². The average Bonchev–Trinajstić information content (AvgIpc) is 2.73. The van der Waals surface area contributed by atoms with Crippen LogP contribution >= 0.6 is 0 Å². The maximum Gasteiger partial charge on any atom is 0.250 e. The highest BCUT2D eigenvalue weighted by atomic mass is 16.2. The Morgan fingerprint density at radius 2 is 1.21 bits per heavy atom. The highest BCUT2D eigenvalue weighted by molar-refractivity contribution is 6.07. The number of carbonyl (C=O) groups excluding carboxylic acids is 2. The van der Waals surface area contributed by atoms with Crippen molar-refractivity contribution < 1.29 is 9.59 Å². The van der Waals surface area contributed by atoms with Crippen LogP contribution in [-0.4, -0.2) is 49.8 Å². The quantitative estimate of drug-likeness (QED) is 0.704. The molecule has 0 aromatic carbocycles. The van der Waals surface area contributed by atoms with Crippen LogP contribution < -0.4 is 0 Å². The van der Waals surface area contributed by atoms with Gasteiger partial charge in [-0.1, -0.05) is 26.0 Å². The number of likely N-dealkylation sites (N-methyl/N-ethyl adjacent to an activating group) is 2. The number of allylic oxidation sites excluding steroid dienone is 2. The van der Waals surface area contributed by atoms with E-state index in [9.17, 15) is 9.59 Å². The first kappa shape index (κ1) is 13.8. The SMILES string of the molecule is CN(C)C(=O)C1=C(C(=O)N(C)C)C2C=CC1C2(C)C. The largest absolute Gasteiger partial charge is 0.345 e. The Balaban J connectivity index is 2.55. The second-order valence-corrected chi connectivity index (χ2v) is 6.39. The molecule has 2 atom stereocenters. The number of fused-ring (bicyclic) bond motifs is 2. The number of hydrogen-bond donors (Lipinski definition) is 0. The zero-order chi connectivity index (χ0) is 14.5. The number of nitrogens with zero attached hydrogens (tertiary/aromatic N) is 2. The first-order valence-electron chi connectivity index (χ1n) is 6.55. The van der Waals surface area contributed by atoms with Gasteiger partial charge >= 0.3 is 0 Å². The summed E-state index contributed by atoms with van der Waals surface area (Å²) in [4.78, 5) is 28.0. The van der Waals surface area contributed by atoms with Crippen molar-refractivity contribution in [3.05, 3.63) is 23.3 Å². The van der Waals surface area contributed by atoms with E-state index in [1.807, 2.05) is 0 Å². The minimum atomic E-state index is -0.0813. The number of amides is 2. The third-order valence-corrected chi connectivity index (χ3v) is 4.28. The lowest BCUT2D eigenvalue weighted by Gasteiger charge is -2.26. The summed E-state index contributed by atoms with van der Waals surface area (Å²) in [7, 11) is 6.93. The predicted molar refractivity (Wildman–Crippen MR) is 74.3 cm³/mol. The van der Waals surface area contributed by atoms with Crippen LogP contribution in [0.3, 0.4) is 0 Å². The van der Waals surface area contributed by atoms with Gasteiger partial charge in [0.25, 0.3) is 0 Å². The molecule has 2 rings (SSSR count). The molecule has 0 aromatic rings. The lowest BCUT2D eigenvalue weighted by Crippen LogP contribution is -2.31. The molecular formula is C15H22N2O2. The lowest BCUT2D eigenvalue weighted by atomic mass is 9.77. The predicted octanol–water partition coefficient (Wildman–Crippen LogP) is 1.30. The molecular weight excluding hydrogens is 240 g/mol. The molecule has 0 saturated heterocycles. The molecule has 0 N–H and O–H groups in total. The standard InChI is InChI=1S/C15H22N2O2/c1-15(2)9-7-8-10(15)12(14(19)17(5)6)11(9)13(18)16(3)4/h7-10H,1-6H3. The van der Waals surface area contributed by atoms with Gasteiger partial charge in [0.1, 0.15) is 0 Å². The molecule has 0 saturated carbocycles. The molecule has 4 heteroatoms. The highest BCUT2D eigenvalue weighted by Gasteiger charge is 2.54. The summed E-state index contributed by atoms with van der Waals surface area (Å²) in [5.74, 6) is 0.00264. The summed E-state index contributed by atoms with van der Waals surface area (Å²) in [6, 6.07) is 0. The van der Waals surface area contributed by atoms with Crippen molar-refractivity contribution in [2.75, 3.05) is 28.2 Å². The van der Waals surface area contributed by atoms with Gasteiger partial charge in [0.05, 0.1) is 0 Å². The minimum absolute atomic E-state index is 0.0462. The molecule has 2 bridgehead atoms. The van der Waals surface area contributed by atoms with Crippen molar-refractivity contribution >= 4 is 11.8 Å². The van der Waals surface area contributed by atoms with E-state index in [1.54, 1.807) is 38.0 Å². The fourth-order valence-corrected chi connectivity index (χ4v) is 3.16. The van der Waals surface area contributed by atoms with Crippen LogP contribution in [0.2, 0.25) is 0 Å². The van der Waals surface area contributed by atoms with Gasteiger partial charge < -0.3 is 9.80 Å². The van der Waals surface area contributed by atoms with Gasteiger partial charge in [-0.25, -0.2) is 0 Å². The zero-order valence-corrected chi connectivity index (χ0v) is 12.5. The fourth-order valence-electron chi connectivity index (χ4n) is 3.16. The molecule has 19 heavy (non-hydrogen) atoms. The van der Waals surface area contributed by atoms with Crippen LogP contribution in [0.15, 0.2) is 23.3 Å². The topological polar surface area (TPSA) is 40.6 Å². The molecule has 0 aliphatic heterocycles. The lowest BCUT2D eigenvalue weighted by molar-refractivity contribution is -0.127. The Hall–Kier alpha value is -1.58. The minimum Gasteiger partial charge on any atom is -0.345 e. The van der Waals surface area contributed by atoms with Gasteiger partial charge in [-0.3, -0.25) is 9.59 Å². The highest BCUT2D eigenvalue weighted by Crippen LogP contribution is 2.56. The maximum atomic E-state index is 12.4. The average molecular weight is 262 g/mol. The molecule has 0 fully saturated rings. The van der Waals surface area contributed by atoms with Gasteiger partial charge in [-0.05, 0) is 5.41 Å². The van der Waals surface area contributed by atoms with Crippen molar-refractivity contribution in [3.63, 3.8) is 0 Å². The van der Waals surface area contributed by atoms with Crippen LogP contribution in [0.4, 0.5) is 0 Å². The Kier molecular flexibility index (Phi) is 3.07. The summed E-state index contributed by atoms with van der Waals surface area (Å²) in [5, 5.41) is 0. The summed E-state index contributed by atoms with van der Waals surface area (Å²) in [5.41, 5.74) is 1.28. The summed E-state index contributed by atoms with van der Waals surface area (Å²) < 4.78 is 0. The van der Waals surface area contributed by atoms with Crippen LogP contribution in [0.5, 0.6) is 0 Å². The summed E-state index contributed by atoms with van der Waals surface area (Å²) >= 11 is 0. The van der Waals surface area contributed by atoms with E-state index in [-0.39, 0.29) is 29.1 Å². The molecule has 4 nitrogen and oxygen atoms in total. The molecule has 0 heterocycles. The second kappa shape index (κ2) is 4.22. The number of carbonyl (C=O) groups is 2.